The van der Waals surface area contributed by atoms with Gasteiger partial charge in [0.1, 0.15) is 7.26 Å². The van der Waals surface area contributed by atoms with Crippen LogP contribution >= 0.6 is 7.26 Å². The second kappa shape index (κ2) is 7.63. The molecule has 134 valence electrons. The number of halogens is 3. The molecule has 0 N–H and O–H groups in total. The highest BCUT2D eigenvalue weighted by Crippen LogP contribution is 2.84. The molecular formula is C19H33F3P+. The minimum Gasteiger partial charge on any atom is -0.135 e. The zero-order valence-corrected chi connectivity index (χ0v) is 15.3. The van der Waals surface area contributed by atoms with Crippen LogP contribution in [-0.4, -0.2) is 22.9 Å². The van der Waals surface area contributed by atoms with Crippen LogP contribution in [0.5, 0.6) is 0 Å². The summed E-state index contributed by atoms with van der Waals surface area (Å²) in [5, 5.41) is 0. The van der Waals surface area contributed by atoms with E-state index in [9.17, 15) is 13.2 Å². The first kappa shape index (κ1) is 18.0. The first-order valence-electron chi connectivity index (χ1n) is 10.0. The van der Waals surface area contributed by atoms with Gasteiger partial charge in [0.15, 0.2) is 0 Å². The van der Waals surface area contributed by atoms with Crippen molar-refractivity contribution in [3.05, 3.63) is 0 Å². The summed E-state index contributed by atoms with van der Waals surface area (Å²) in [7, 11) is -2.91. The van der Waals surface area contributed by atoms with E-state index in [1.807, 2.05) is 0 Å². The first-order chi connectivity index (χ1) is 11.1. The van der Waals surface area contributed by atoms with Crippen molar-refractivity contribution in [2.45, 2.75) is 119 Å². The Labute approximate surface area is 140 Å². The summed E-state index contributed by atoms with van der Waals surface area (Å²) in [4.78, 5) is 0. The van der Waals surface area contributed by atoms with Crippen molar-refractivity contribution in [3.63, 3.8) is 0 Å². The fraction of sp³-hybridized carbons (Fsp3) is 1.00. The second-order valence-electron chi connectivity index (χ2n) is 8.18. The Hall–Kier alpha value is 0.220. The van der Waals surface area contributed by atoms with E-state index in [4.69, 9.17) is 0 Å². The molecule has 3 aliphatic rings. The molecule has 0 bridgehead atoms. The van der Waals surface area contributed by atoms with E-state index in [0.717, 1.165) is 96.3 Å². The fourth-order valence-corrected chi connectivity index (χ4v) is 12.7. The Balaban J connectivity index is 1.99. The largest absolute Gasteiger partial charge is 0.509 e. The molecular weight excluding hydrogens is 316 g/mol. The van der Waals surface area contributed by atoms with Gasteiger partial charge in [0.2, 0.25) is 0 Å². The SMILES string of the molecule is FC(F)(F)[P+](C1CCCCC1)(C1CCCCC1)C1CCCCC1. The molecule has 0 aromatic rings. The Morgan fingerprint density at radius 2 is 0.739 bits per heavy atom. The van der Waals surface area contributed by atoms with Crippen LogP contribution in [0.1, 0.15) is 96.3 Å². The van der Waals surface area contributed by atoms with Gasteiger partial charge in [0.25, 0.3) is 0 Å². The summed E-state index contributed by atoms with van der Waals surface area (Å²) in [6.45, 7) is 0. The van der Waals surface area contributed by atoms with Crippen molar-refractivity contribution in [2.75, 3.05) is 0 Å². The summed E-state index contributed by atoms with van der Waals surface area (Å²) in [6.07, 6.45) is 15.0. The highest BCUT2D eigenvalue weighted by atomic mass is 31.2. The topological polar surface area (TPSA) is 0 Å². The summed E-state index contributed by atoms with van der Waals surface area (Å²) >= 11 is 0. The third-order valence-corrected chi connectivity index (χ3v) is 13.0. The Kier molecular flexibility index (Phi) is 5.98. The minimum absolute atomic E-state index is 0.0162. The zero-order chi connectivity index (χ0) is 16.3. The van der Waals surface area contributed by atoms with Crippen LogP contribution in [0.15, 0.2) is 0 Å². The summed E-state index contributed by atoms with van der Waals surface area (Å²) < 4.78 is 44.3. The molecule has 3 aliphatic carbocycles. The second-order valence-corrected chi connectivity index (χ2v) is 12.5. The van der Waals surface area contributed by atoms with Gasteiger partial charge in [-0.1, -0.05) is 19.3 Å². The number of hydrogen-bond acceptors (Lipinski definition) is 0. The summed E-state index contributed by atoms with van der Waals surface area (Å²) in [5.74, 6) is -3.90. The van der Waals surface area contributed by atoms with Crippen molar-refractivity contribution in [3.8, 4) is 0 Å². The number of alkyl halides is 3. The van der Waals surface area contributed by atoms with Gasteiger partial charge in [-0.15, -0.1) is 13.2 Å². The van der Waals surface area contributed by atoms with Crippen molar-refractivity contribution in [2.24, 2.45) is 0 Å². The Morgan fingerprint density at radius 3 is 0.957 bits per heavy atom. The lowest BCUT2D eigenvalue weighted by molar-refractivity contribution is -0.0482. The average Bonchev–Trinajstić information content (AvgIpc) is 2.57. The van der Waals surface area contributed by atoms with Crippen LogP contribution in [-0.2, 0) is 0 Å². The monoisotopic (exact) mass is 349 g/mol. The highest BCUT2D eigenvalue weighted by molar-refractivity contribution is 7.78. The van der Waals surface area contributed by atoms with Gasteiger partial charge in [-0.3, -0.25) is 0 Å². The molecule has 0 radical (unpaired) electrons. The lowest BCUT2D eigenvalue weighted by Crippen LogP contribution is -2.43. The van der Waals surface area contributed by atoms with Crippen LogP contribution < -0.4 is 0 Å². The smallest absolute Gasteiger partial charge is 0.135 e. The molecule has 3 fully saturated rings. The van der Waals surface area contributed by atoms with Gasteiger partial charge in [-0.2, -0.15) is 0 Å². The maximum Gasteiger partial charge on any atom is 0.509 e. The molecule has 0 aromatic heterocycles. The maximum absolute atomic E-state index is 14.8. The molecule has 0 aromatic carbocycles. The highest BCUT2D eigenvalue weighted by Gasteiger charge is 2.73. The molecule has 0 spiro atoms. The Morgan fingerprint density at radius 1 is 0.478 bits per heavy atom. The van der Waals surface area contributed by atoms with Gasteiger partial charge in [-0.05, 0) is 77.0 Å². The molecule has 0 atom stereocenters. The fourth-order valence-electron chi connectivity index (χ4n) is 6.04. The van der Waals surface area contributed by atoms with Crippen molar-refractivity contribution in [1.29, 1.82) is 0 Å². The quantitative estimate of drug-likeness (QED) is 0.462. The molecule has 0 nitrogen and oxygen atoms in total. The van der Waals surface area contributed by atoms with Gasteiger partial charge < -0.3 is 0 Å². The van der Waals surface area contributed by atoms with Crippen LogP contribution in [0.2, 0.25) is 0 Å². The third-order valence-electron chi connectivity index (χ3n) is 6.98. The average molecular weight is 349 g/mol. The van der Waals surface area contributed by atoms with Crippen LogP contribution in [0.4, 0.5) is 13.2 Å². The molecule has 4 heteroatoms. The molecule has 3 rings (SSSR count). The first-order valence-corrected chi connectivity index (χ1v) is 12.0. The van der Waals surface area contributed by atoms with Gasteiger partial charge in [0.05, 0.1) is 17.0 Å². The predicted octanol–water partition coefficient (Wildman–Crippen LogP) is 7.52. The summed E-state index contributed by atoms with van der Waals surface area (Å²) in [5.41, 5.74) is 0.0485. The maximum atomic E-state index is 14.8. The van der Waals surface area contributed by atoms with Crippen molar-refractivity contribution < 1.29 is 13.2 Å². The zero-order valence-electron chi connectivity index (χ0n) is 14.4. The van der Waals surface area contributed by atoms with Gasteiger partial charge in [-0.25, -0.2) is 0 Å². The van der Waals surface area contributed by atoms with E-state index in [0.29, 0.717) is 0 Å². The third kappa shape index (κ3) is 3.46. The van der Waals surface area contributed by atoms with Crippen LogP contribution in [0.3, 0.4) is 0 Å². The number of rotatable bonds is 3. The predicted molar refractivity (Wildman–Crippen MR) is 93.6 cm³/mol. The van der Waals surface area contributed by atoms with Crippen LogP contribution in [0, 0.1) is 0 Å². The summed E-state index contributed by atoms with van der Waals surface area (Å²) in [6, 6.07) is 0. The van der Waals surface area contributed by atoms with E-state index in [-0.39, 0.29) is 17.0 Å². The van der Waals surface area contributed by atoms with E-state index in [2.05, 4.69) is 0 Å². The van der Waals surface area contributed by atoms with E-state index < -0.39 is 13.2 Å². The number of hydrogen-bond donors (Lipinski definition) is 0. The molecule has 0 heterocycles. The normalized spacial score (nSPS) is 27.3. The van der Waals surface area contributed by atoms with E-state index >= 15 is 0 Å². The molecule has 0 amide bonds. The van der Waals surface area contributed by atoms with Gasteiger partial charge >= 0.3 is 5.92 Å². The van der Waals surface area contributed by atoms with Crippen molar-refractivity contribution >= 4 is 7.26 Å². The molecule has 23 heavy (non-hydrogen) atoms. The van der Waals surface area contributed by atoms with E-state index in [1.165, 1.54) is 0 Å². The standard InChI is InChI=1S/C19H33F3P/c20-19(21,22)23(16-10-4-1-5-11-16,17-12-6-2-7-13-17)18-14-8-3-9-15-18/h16-18H,1-15H2/q+1. The lowest BCUT2D eigenvalue weighted by atomic mass is 9.99. The molecule has 0 aliphatic heterocycles. The van der Waals surface area contributed by atoms with Gasteiger partial charge in [0, 0.05) is 0 Å². The molecule has 0 unspecified atom stereocenters. The minimum atomic E-state index is -3.90. The lowest BCUT2D eigenvalue weighted by Gasteiger charge is -2.48. The molecule has 0 saturated heterocycles. The van der Waals surface area contributed by atoms with Crippen molar-refractivity contribution in [1.82, 2.24) is 0 Å². The Bertz CT molecular complexity index is 316. The van der Waals surface area contributed by atoms with Crippen LogP contribution in [0.25, 0.3) is 0 Å². The molecule has 3 saturated carbocycles. The van der Waals surface area contributed by atoms with E-state index in [1.54, 1.807) is 0 Å².